The van der Waals surface area contributed by atoms with Crippen LogP contribution < -0.4 is 10.6 Å². The molecule has 2 N–H and O–H groups in total. The summed E-state index contributed by atoms with van der Waals surface area (Å²) in [4.78, 5) is 48.1. The standard InChI is InChI=1S/C20H21N3O6S/c1-11-6-5-8-14(23(27)28)18(11)22-16(25)10-29-20(26)17-13-7-3-4-9-15(13)30-19(17)21-12(2)24/h5-6,8H,3-4,7,9-10H2,1-2H3,(H,21,24)(H,22,25). The molecule has 1 aromatic heterocycles. The molecule has 0 unspecified atom stereocenters. The number of hydrogen-bond donors (Lipinski definition) is 2. The van der Waals surface area contributed by atoms with Crippen LogP contribution in [0.25, 0.3) is 0 Å². The summed E-state index contributed by atoms with van der Waals surface area (Å²) in [7, 11) is 0. The highest BCUT2D eigenvalue weighted by atomic mass is 32.1. The minimum absolute atomic E-state index is 0.0652. The Morgan fingerprint density at radius 3 is 2.63 bits per heavy atom. The molecule has 10 heteroatoms. The number of anilines is 2. The summed E-state index contributed by atoms with van der Waals surface area (Å²) in [5.41, 5.74) is 1.49. The molecule has 0 radical (unpaired) electrons. The summed E-state index contributed by atoms with van der Waals surface area (Å²) >= 11 is 1.35. The van der Waals surface area contributed by atoms with E-state index < -0.39 is 23.4 Å². The number of para-hydroxylation sites is 1. The molecular formula is C20H21N3O6S. The van der Waals surface area contributed by atoms with E-state index in [1.165, 1.54) is 30.4 Å². The Morgan fingerprint density at radius 1 is 1.20 bits per heavy atom. The monoisotopic (exact) mass is 431 g/mol. The molecule has 1 heterocycles. The van der Waals surface area contributed by atoms with Crippen molar-refractivity contribution < 1.29 is 24.0 Å². The largest absolute Gasteiger partial charge is 0.452 e. The predicted octanol–water partition coefficient (Wildman–Crippen LogP) is 3.60. The summed E-state index contributed by atoms with van der Waals surface area (Å²) in [6.07, 6.45) is 3.48. The molecule has 2 aromatic rings. The van der Waals surface area contributed by atoms with E-state index in [4.69, 9.17) is 4.74 Å². The van der Waals surface area contributed by atoms with Crippen LogP contribution in [0.4, 0.5) is 16.4 Å². The van der Waals surface area contributed by atoms with Gasteiger partial charge in [0.1, 0.15) is 10.7 Å². The zero-order valence-electron chi connectivity index (χ0n) is 16.6. The third kappa shape index (κ3) is 4.65. The Hall–Kier alpha value is -3.27. The molecule has 0 saturated heterocycles. The van der Waals surface area contributed by atoms with Crippen molar-refractivity contribution in [3.05, 3.63) is 49.9 Å². The van der Waals surface area contributed by atoms with E-state index >= 15 is 0 Å². The fourth-order valence-corrected chi connectivity index (χ4v) is 4.70. The van der Waals surface area contributed by atoms with Crippen LogP contribution in [-0.4, -0.2) is 29.3 Å². The van der Waals surface area contributed by atoms with E-state index in [1.807, 2.05) is 0 Å². The van der Waals surface area contributed by atoms with Gasteiger partial charge in [0, 0.05) is 17.9 Å². The third-order valence-corrected chi connectivity index (χ3v) is 5.92. The number of nitro groups is 1. The van der Waals surface area contributed by atoms with Gasteiger partial charge in [0.2, 0.25) is 5.91 Å². The van der Waals surface area contributed by atoms with E-state index in [9.17, 15) is 24.5 Å². The Morgan fingerprint density at radius 2 is 1.93 bits per heavy atom. The molecule has 0 bridgehead atoms. The molecule has 0 atom stereocenters. The molecule has 1 aliphatic rings. The summed E-state index contributed by atoms with van der Waals surface area (Å²) in [6, 6.07) is 4.43. The van der Waals surface area contributed by atoms with Crippen molar-refractivity contribution in [2.24, 2.45) is 0 Å². The lowest BCUT2D eigenvalue weighted by Gasteiger charge is -2.13. The van der Waals surface area contributed by atoms with Gasteiger partial charge in [0.25, 0.3) is 11.6 Å². The zero-order chi connectivity index (χ0) is 21.8. The number of carbonyl (C=O) groups excluding carboxylic acids is 3. The molecule has 1 aromatic carbocycles. The molecule has 0 fully saturated rings. The molecule has 0 spiro atoms. The van der Waals surface area contributed by atoms with Crippen LogP contribution in [0.15, 0.2) is 18.2 Å². The Labute approximate surface area is 176 Å². The van der Waals surface area contributed by atoms with Gasteiger partial charge >= 0.3 is 5.97 Å². The first kappa shape index (κ1) is 21.4. The van der Waals surface area contributed by atoms with E-state index in [1.54, 1.807) is 13.0 Å². The molecule has 0 saturated carbocycles. The van der Waals surface area contributed by atoms with Gasteiger partial charge < -0.3 is 15.4 Å². The molecule has 3 rings (SSSR count). The number of esters is 1. The first-order valence-corrected chi connectivity index (χ1v) is 10.2. The lowest BCUT2D eigenvalue weighted by molar-refractivity contribution is -0.384. The molecule has 9 nitrogen and oxygen atoms in total. The number of fused-ring (bicyclic) bond motifs is 1. The molecule has 30 heavy (non-hydrogen) atoms. The second-order valence-electron chi connectivity index (χ2n) is 6.95. The van der Waals surface area contributed by atoms with Crippen LogP contribution in [0.3, 0.4) is 0 Å². The Kier molecular flexibility index (Phi) is 6.46. The number of nitrogens with one attached hydrogen (secondary N) is 2. The van der Waals surface area contributed by atoms with Crippen LogP contribution in [-0.2, 0) is 27.2 Å². The highest BCUT2D eigenvalue weighted by molar-refractivity contribution is 7.17. The van der Waals surface area contributed by atoms with Crippen molar-refractivity contribution >= 4 is 45.5 Å². The first-order valence-electron chi connectivity index (χ1n) is 9.41. The third-order valence-electron chi connectivity index (χ3n) is 4.71. The minimum atomic E-state index is -0.701. The van der Waals surface area contributed by atoms with Crippen molar-refractivity contribution in [2.45, 2.75) is 39.5 Å². The number of aryl methyl sites for hydroxylation is 2. The number of hydrogen-bond acceptors (Lipinski definition) is 7. The molecule has 0 aliphatic heterocycles. The molecule has 1 aliphatic carbocycles. The summed E-state index contributed by atoms with van der Waals surface area (Å²) in [5, 5.41) is 16.7. The lowest BCUT2D eigenvalue weighted by Crippen LogP contribution is -2.23. The van der Waals surface area contributed by atoms with Crippen LogP contribution in [0.5, 0.6) is 0 Å². The SMILES string of the molecule is CC(=O)Nc1sc2c(c1C(=O)OCC(=O)Nc1c(C)cccc1[N+](=O)[O-])CCCC2. The number of thiophene rings is 1. The van der Waals surface area contributed by atoms with Crippen molar-refractivity contribution in [3.63, 3.8) is 0 Å². The van der Waals surface area contributed by atoms with Gasteiger partial charge in [-0.25, -0.2) is 4.79 Å². The predicted molar refractivity (Wildman–Crippen MR) is 112 cm³/mol. The van der Waals surface area contributed by atoms with E-state index in [0.29, 0.717) is 22.5 Å². The number of amides is 2. The quantitative estimate of drug-likeness (QED) is 0.409. The van der Waals surface area contributed by atoms with Crippen molar-refractivity contribution in [1.82, 2.24) is 0 Å². The van der Waals surface area contributed by atoms with Crippen LogP contribution in [0.1, 0.15) is 46.1 Å². The average Bonchev–Trinajstić information content (AvgIpc) is 3.04. The normalized spacial score (nSPS) is 12.6. The number of benzene rings is 1. The van der Waals surface area contributed by atoms with Gasteiger partial charge in [-0.05, 0) is 43.7 Å². The second kappa shape index (κ2) is 9.04. The van der Waals surface area contributed by atoms with Crippen molar-refractivity contribution in [3.8, 4) is 0 Å². The molecule has 2 amide bonds. The minimum Gasteiger partial charge on any atom is -0.452 e. The van der Waals surface area contributed by atoms with E-state index in [-0.39, 0.29) is 17.3 Å². The maximum absolute atomic E-state index is 12.7. The average molecular weight is 431 g/mol. The number of nitrogens with zero attached hydrogens (tertiary/aromatic N) is 1. The Bertz CT molecular complexity index is 1030. The summed E-state index contributed by atoms with van der Waals surface area (Å²) in [5.74, 6) is -1.69. The molecule has 158 valence electrons. The fourth-order valence-electron chi connectivity index (χ4n) is 3.38. The van der Waals surface area contributed by atoms with E-state index in [0.717, 1.165) is 29.7 Å². The van der Waals surface area contributed by atoms with Gasteiger partial charge in [-0.3, -0.25) is 19.7 Å². The summed E-state index contributed by atoms with van der Waals surface area (Å²) in [6.45, 7) is 2.39. The molecular weight excluding hydrogens is 410 g/mol. The number of carbonyl (C=O) groups is 3. The van der Waals surface area contributed by atoms with E-state index in [2.05, 4.69) is 10.6 Å². The highest BCUT2D eigenvalue weighted by Gasteiger charge is 2.27. The topological polar surface area (TPSA) is 128 Å². The van der Waals surface area contributed by atoms with Crippen LogP contribution in [0.2, 0.25) is 0 Å². The summed E-state index contributed by atoms with van der Waals surface area (Å²) < 4.78 is 5.18. The van der Waals surface area contributed by atoms with Crippen molar-refractivity contribution in [1.29, 1.82) is 0 Å². The first-order chi connectivity index (χ1) is 14.3. The van der Waals surface area contributed by atoms with Gasteiger partial charge in [-0.1, -0.05) is 12.1 Å². The van der Waals surface area contributed by atoms with Gasteiger partial charge in [-0.15, -0.1) is 11.3 Å². The van der Waals surface area contributed by atoms with Gasteiger partial charge in [-0.2, -0.15) is 0 Å². The van der Waals surface area contributed by atoms with Crippen LogP contribution >= 0.6 is 11.3 Å². The van der Waals surface area contributed by atoms with Gasteiger partial charge in [0.05, 0.1) is 10.5 Å². The Balaban J connectivity index is 1.74. The second-order valence-corrected chi connectivity index (χ2v) is 8.05. The highest BCUT2D eigenvalue weighted by Crippen LogP contribution is 2.38. The van der Waals surface area contributed by atoms with Gasteiger partial charge in [0.15, 0.2) is 6.61 Å². The van der Waals surface area contributed by atoms with Crippen LogP contribution in [0, 0.1) is 17.0 Å². The smallest absolute Gasteiger partial charge is 0.341 e. The fraction of sp³-hybridized carbons (Fsp3) is 0.350. The van der Waals surface area contributed by atoms with Crippen molar-refractivity contribution in [2.75, 3.05) is 17.2 Å². The number of rotatable bonds is 6. The lowest BCUT2D eigenvalue weighted by atomic mass is 9.95. The zero-order valence-corrected chi connectivity index (χ0v) is 17.4. The maximum atomic E-state index is 12.7. The number of ether oxygens (including phenoxy) is 1. The number of nitro benzene ring substituents is 1. The maximum Gasteiger partial charge on any atom is 0.341 e.